The Labute approximate surface area is 348 Å². The van der Waals surface area contributed by atoms with Gasteiger partial charge in [0, 0.05) is 43.5 Å². The minimum absolute atomic E-state index is 0.191. The van der Waals surface area contributed by atoms with Crippen LogP contribution in [0.15, 0.2) is 177 Å². The minimum atomic E-state index is -0.191. The molecule has 0 spiro atoms. The van der Waals surface area contributed by atoms with E-state index in [2.05, 4.69) is 195 Å². The third-order valence-corrected chi connectivity index (χ3v) is 13.1. The predicted octanol–water partition coefficient (Wildman–Crippen LogP) is 15.1. The first-order valence-corrected chi connectivity index (χ1v) is 20.7. The van der Waals surface area contributed by atoms with Gasteiger partial charge >= 0.3 is 0 Å². The van der Waals surface area contributed by atoms with Crippen molar-refractivity contribution >= 4 is 77.2 Å². The second kappa shape index (κ2) is 12.7. The molecule has 0 saturated carbocycles. The number of benzene rings is 9. The number of rotatable bonds is 5. The van der Waals surface area contributed by atoms with E-state index in [4.69, 9.17) is 9.97 Å². The van der Waals surface area contributed by atoms with Crippen LogP contribution in [0.2, 0.25) is 0 Å². The van der Waals surface area contributed by atoms with Gasteiger partial charge in [-0.2, -0.15) is 0 Å². The van der Waals surface area contributed by atoms with Crippen LogP contribution in [0.1, 0.15) is 36.1 Å². The highest BCUT2D eigenvalue weighted by Crippen LogP contribution is 2.53. The van der Waals surface area contributed by atoms with Crippen molar-refractivity contribution in [2.45, 2.75) is 19.3 Å². The monoisotopic (exact) mass is 765 g/mol. The van der Waals surface area contributed by atoms with Crippen molar-refractivity contribution in [2.24, 2.45) is 0 Å². The van der Waals surface area contributed by atoms with Crippen molar-refractivity contribution in [3.8, 4) is 39.5 Å². The van der Waals surface area contributed by atoms with E-state index < -0.39 is 0 Å². The molecule has 3 heteroatoms. The van der Waals surface area contributed by atoms with Crippen LogP contribution in [-0.2, 0) is 5.41 Å². The van der Waals surface area contributed by atoms with E-state index >= 15 is 0 Å². The minimum Gasteiger partial charge on any atom is -0.277 e. The van der Waals surface area contributed by atoms with Crippen LogP contribution in [0, 0.1) is 0 Å². The number of fused-ring (bicyclic) bond motifs is 13. The third kappa shape index (κ3) is 4.66. The van der Waals surface area contributed by atoms with Crippen LogP contribution in [0.25, 0.3) is 117 Å². The molecule has 12 rings (SSSR count). The molecule has 0 bridgehead atoms. The van der Waals surface area contributed by atoms with Gasteiger partial charge in [-0.15, -0.1) is 0 Å². The summed E-state index contributed by atoms with van der Waals surface area (Å²) >= 11 is 0. The van der Waals surface area contributed by atoms with Crippen molar-refractivity contribution in [1.29, 1.82) is 0 Å². The zero-order valence-corrected chi connectivity index (χ0v) is 33.5. The quantitative estimate of drug-likeness (QED) is 0.163. The summed E-state index contributed by atoms with van der Waals surface area (Å²) in [5, 5.41) is 10.3. The highest BCUT2D eigenvalue weighted by molar-refractivity contribution is 6.25. The Morgan fingerprint density at radius 2 is 1.15 bits per heavy atom. The molecule has 0 fully saturated rings. The summed E-state index contributed by atoms with van der Waals surface area (Å²) in [6.07, 6.45) is 3.97. The molecule has 9 aromatic carbocycles. The van der Waals surface area contributed by atoms with Crippen LogP contribution in [0.5, 0.6) is 0 Å². The summed E-state index contributed by atoms with van der Waals surface area (Å²) in [7, 11) is 0. The van der Waals surface area contributed by atoms with E-state index in [9.17, 15) is 0 Å². The van der Waals surface area contributed by atoms with Gasteiger partial charge in [0.25, 0.3) is 0 Å². The van der Waals surface area contributed by atoms with Crippen LogP contribution in [0.3, 0.4) is 0 Å². The number of hydrogen-bond acceptors (Lipinski definition) is 2. The fourth-order valence-electron chi connectivity index (χ4n) is 10.4. The van der Waals surface area contributed by atoms with E-state index in [0.29, 0.717) is 5.95 Å². The van der Waals surface area contributed by atoms with E-state index in [1.165, 1.54) is 33.0 Å². The zero-order valence-electron chi connectivity index (χ0n) is 33.5. The van der Waals surface area contributed by atoms with Gasteiger partial charge in [-0.3, -0.25) is 4.57 Å². The first-order valence-electron chi connectivity index (χ1n) is 20.7. The molecule has 0 atom stereocenters. The van der Waals surface area contributed by atoms with E-state index in [1.54, 1.807) is 0 Å². The van der Waals surface area contributed by atoms with E-state index in [1.807, 2.05) is 12.2 Å². The lowest BCUT2D eigenvalue weighted by Crippen LogP contribution is -2.15. The molecular formula is C57H39N3. The van der Waals surface area contributed by atoms with Crippen LogP contribution < -0.4 is 0 Å². The summed E-state index contributed by atoms with van der Waals surface area (Å²) in [5.41, 5.74) is 14.5. The number of aromatic nitrogens is 3. The fourth-order valence-corrected chi connectivity index (χ4v) is 10.4. The summed E-state index contributed by atoms with van der Waals surface area (Å²) in [6, 6.07) is 59.2. The first-order chi connectivity index (χ1) is 29.5. The Kier molecular flexibility index (Phi) is 7.28. The lowest BCUT2D eigenvalue weighted by Gasteiger charge is -2.22. The highest BCUT2D eigenvalue weighted by atomic mass is 15.2. The molecule has 1 aliphatic rings. The van der Waals surface area contributed by atoms with E-state index in [-0.39, 0.29) is 5.41 Å². The second-order valence-corrected chi connectivity index (χ2v) is 16.6. The molecule has 0 saturated heterocycles. The van der Waals surface area contributed by atoms with Crippen molar-refractivity contribution < 1.29 is 0 Å². The molecule has 1 aliphatic carbocycles. The molecule has 2 aromatic heterocycles. The molecule has 0 amide bonds. The van der Waals surface area contributed by atoms with Gasteiger partial charge < -0.3 is 0 Å². The molecule has 11 aromatic rings. The van der Waals surface area contributed by atoms with Crippen LogP contribution in [0.4, 0.5) is 0 Å². The van der Waals surface area contributed by atoms with Crippen molar-refractivity contribution in [3.05, 3.63) is 199 Å². The smallest absolute Gasteiger partial charge is 0.235 e. The Hall–Kier alpha value is -7.62. The second-order valence-electron chi connectivity index (χ2n) is 16.6. The summed E-state index contributed by atoms with van der Waals surface area (Å²) in [5.74, 6) is 0.622. The van der Waals surface area contributed by atoms with Gasteiger partial charge in [-0.25, -0.2) is 9.97 Å². The fraction of sp³-hybridized carbons (Fsp3) is 0.0526. The molecule has 0 N–H and O–H groups in total. The topological polar surface area (TPSA) is 30.7 Å². The van der Waals surface area contributed by atoms with Gasteiger partial charge in [0.2, 0.25) is 5.95 Å². The largest absolute Gasteiger partial charge is 0.277 e. The summed E-state index contributed by atoms with van der Waals surface area (Å²) in [6.45, 7) is 13.5. The zero-order chi connectivity index (χ0) is 40.3. The lowest BCUT2D eigenvalue weighted by molar-refractivity contribution is 0.661. The van der Waals surface area contributed by atoms with Gasteiger partial charge in [-0.1, -0.05) is 191 Å². The maximum Gasteiger partial charge on any atom is 0.235 e. The normalized spacial score (nSPS) is 13.1. The lowest BCUT2D eigenvalue weighted by atomic mass is 9.81. The van der Waals surface area contributed by atoms with Crippen LogP contribution >= 0.6 is 0 Å². The van der Waals surface area contributed by atoms with Gasteiger partial charge in [0.1, 0.15) is 0 Å². The van der Waals surface area contributed by atoms with Gasteiger partial charge in [0.15, 0.2) is 0 Å². The first kappa shape index (κ1) is 34.4. The Balaban J connectivity index is 1.25. The maximum atomic E-state index is 5.61. The molecular weight excluding hydrogens is 727 g/mol. The highest BCUT2D eigenvalue weighted by Gasteiger charge is 2.37. The van der Waals surface area contributed by atoms with Crippen molar-refractivity contribution in [3.63, 3.8) is 0 Å². The standard InChI is InChI=1S/C57H39N3/c1-5-38-39(6-2)51-46-26-16-25-42(37-28-30-45-49(33-37)57(3,4)48-32-29-34-17-10-12-21-40(34)50(45)48)54(46)60(55(51)44-24-15-14-23-43(38)44)56-58-52(36-19-8-7-9-20-36)47-31-27-35-18-11-13-22-41(35)53(47)59-56/h5-33H,1-2H2,3-4H3. The Morgan fingerprint density at radius 3 is 1.93 bits per heavy atom. The van der Waals surface area contributed by atoms with Crippen molar-refractivity contribution in [2.75, 3.05) is 0 Å². The van der Waals surface area contributed by atoms with Crippen molar-refractivity contribution in [1.82, 2.24) is 14.5 Å². The third-order valence-electron chi connectivity index (χ3n) is 13.1. The molecule has 3 nitrogen and oxygen atoms in total. The summed E-state index contributed by atoms with van der Waals surface area (Å²) < 4.78 is 2.34. The molecule has 0 unspecified atom stereocenters. The Morgan fingerprint density at radius 1 is 0.483 bits per heavy atom. The average Bonchev–Trinajstić information content (AvgIpc) is 3.77. The average molecular weight is 766 g/mol. The Bertz CT molecular complexity index is 3660. The molecule has 0 aliphatic heterocycles. The molecule has 0 radical (unpaired) electrons. The molecule has 60 heavy (non-hydrogen) atoms. The van der Waals surface area contributed by atoms with Gasteiger partial charge in [-0.05, 0) is 72.6 Å². The van der Waals surface area contributed by atoms with Gasteiger partial charge in [0.05, 0.1) is 22.2 Å². The number of hydrogen-bond donors (Lipinski definition) is 0. The van der Waals surface area contributed by atoms with E-state index in [0.717, 1.165) is 87.8 Å². The summed E-state index contributed by atoms with van der Waals surface area (Å²) in [4.78, 5) is 11.2. The van der Waals surface area contributed by atoms with Crippen LogP contribution in [-0.4, -0.2) is 14.5 Å². The predicted molar refractivity (Wildman–Crippen MR) is 255 cm³/mol. The maximum absolute atomic E-state index is 5.61. The number of nitrogens with zero attached hydrogens (tertiary/aromatic N) is 3. The molecule has 2 heterocycles. The molecule has 282 valence electrons. The number of para-hydroxylation sites is 1. The SMILES string of the molecule is C=Cc1c(C=C)c2c3cccc(-c4ccc5c(c4)C(C)(C)c4ccc6ccccc6c4-5)c3n(-c3nc(-c4ccccc4)c4ccc5ccccc5c4n3)c2c2ccccc12.